The van der Waals surface area contributed by atoms with Crippen molar-refractivity contribution in [1.29, 1.82) is 0 Å². The van der Waals surface area contributed by atoms with Crippen LogP contribution in [0.4, 0.5) is 0 Å². The predicted molar refractivity (Wildman–Crippen MR) is 67.3 cm³/mol. The second kappa shape index (κ2) is 4.09. The van der Waals surface area contributed by atoms with Crippen molar-refractivity contribution in [2.24, 2.45) is 7.05 Å². The molecule has 0 N–H and O–H groups in total. The van der Waals surface area contributed by atoms with Gasteiger partial charge in [-0.2, -0.15) is 4.57 Å². The lowest BCUT2D eigenvalue weighted by Crippen LogP contribution is -2.34. The number of nitrogens with zero attached hydrogens (tertiary/aromatic N) is 1. The molecular weight excluding hydrogens is 194 g/mol. The van der Waals surface area contributed by atoms with E-state index in [-0.39, 0.29) is 0 Å². The van der Waals surface area contributed by atoms with E-state index in [1.165, 1.54) is 28.1 Å². The second-order valence-corrected chi connectivity index (χ2v) is 4.43. The molecule has 0 amide bonds. The maximum absolute atomic E-state index is 2.23. The molecule has 0 spiro atoms. The monoisotopic (exact) mass is 212 g/mol. The number of benzene rings is 1. The maximum atomic E-state index is 2.23. The fraction of sp³-hybridized carbons (Fsp3) is 0.267. The molecule has 1 aromatic heterocycles. The highest BCUT2D eigenvalue weighted by molar-refractivity contribution is 5.61. The van der Waals surface area contributed by atoms with Crippen molar-refractivity contribution in [3.05, 3.63) is 53.2 Å². The van der Waals surface area contributed by atoms with Crippen LogP contribution < -0.4 is 4.57 Å². The average Bonchev–Trinajstić information content (AvgIpc) is 2.23. The second-order valence-electron chi connectivity index (χ2n) is 4.43. The van der Waals surface area contributed by atoms with E-state index in [4.69, 9.17) is 0 Å². The summed E-state index contributed by atoms with van der Waals surface area (Å²) in [6, 6.07) is 13.0. The molecule has 1 heteroatoms. The van der Waals surface area contributed by atoms with Crippen LogP contribution in [0.1, 0.15) is 16.8 Å². The lowest BCUT2D eigenvalue weighted by atomic mass is 10.0. The molecule has 1 nitrogen and oxygen atoms in total. The van der Waals surface area contributed by atoms with Crippen molar-refractivity contribution in [2.45, 2.75) is 20.8 Å². The fourth-order valence-corrected chi connectivity index (χ4v) is 2.06. The number of aromatic nitrogens is 1. The Balaban J connectivity index is 2.63. The van der Waals surface area contributed by atoms with Crippen LogP contribution in [0.5, 0.6) is 0 Å². The van der Waals surface area contributed by atoms with Gasteiger partial charge in [-0.1, -0.05) is 17.7 Å². The van der Waals surface area contributed by atoms with Crippen LogP contribution in [0.2, 0.25) is 0 Å². The summed E-state index contributed by atoms with van der Waals surface area (Å²) in [6.45, 7) is 6.44. The Morgan fingerprint density at radius 3 is 2.38 bits per heavy atom. The number of pyridine rings is 1. The first-order chi connectivity index (χ1) is 7.59. The SMILES string of the molecule is Cc1ccc(-c2cccc(C)[n+]2C)c(C)c1. The van der Waals surface area contributed by atoms with Gasteiger partial charge in [0, 0.05) is 24.6 Å². The van der Waals surface area contributed by atoms with E-state index in [9.17, 15) is 0 Å². The minimum atomic E-state index is 1.28. The number of hydrogen-bond acceptors (Lipinski definition) is 0. The maximum Gasteiger partial charge on any atom is 0.212 e. The zero-order chi connectivity index (χ0) is 11.7. The third-order valence-corrected chi connectivity index (χ3v) is 3.14. The summed E-state index contributed by atoms with van der Waals surface area (Å²) in [5.74, 6) is 0. The lowest BCUT2D eigenvalue weighted by molar-refractivity contribution is -0.666. The van der Waals surface area contributed by atoms with Gasteiger partial charge >= 0.3 is 0 Å². The van der Waals surface area contributed by atoms with Gasteiger partial charge in [0.05, 0.1) is 0 Å². The van der Waals surface area contributed by atoms with Crippen molar-refractivity contribution in [3.8, 4) is 11.3 Å². The first-order valence-electron chi connectivity index (χ1n) is 5.63. The Hall–Kier alpha value is -1.63. The smallest absolute Gasteiger partial charge is 0.199 e. The first-order valence-corrected chi connectivity index (χ1v) is 5.63. The molecule has 0 aliphatic carbocycles. The Bertz CT molecular complexity index is 527. The van der Waals surface area contributed by atoms with Gasteiger partial charge in [0.1, 0.15) is 7.05 Å². The van der Waals surface area contributed by atoms with Crippen molar-refractivity contribution in [1.82, 2.24) is 0 Å². The van der Waals surface area contributed by atoms with Gasteiger partial charge in [-0.25, -0.2) is 0 Å². The minimum absolute atomic E-state index is 1.28. The molecule has 1 heterocycles. The van der Waals surface area contributed by atoms with Crippen LogP contribution in [0, 0.1) is 20.8 Å². The molecule has 0 saturated carbocycles. The zero-order valence-corrected chi connectivity index (χ0v) is 10.4. The molecular formula is C15H18N+. The third-order valence-electron chi connectivity index (χ3n) is 3.14. The number of aryl methyl sites for hydroxylation is 3. The van der Waals surface area contributed by atoms with Crippen LogP contribution in [0.3, 0.4) is 0 Å². The van der Waals surface area contributed by atoms with Gasteiger partial charge in [-0.15, -0.1) is 0 Å². The summed E-state index contributed by atoms with van der Waals surface area (Å²) < 4.78 is 2.23. The molecule has 0 bridgehead atoms. The van der Waals surface area contributed by atoms with Gasteiger partial charge in [0.15, 0.2) is 5.69 Å². The Morgan fingerprint density at radius 2 is 1.69 bits per heavy atom. The molecule has 1 aromatic carbocycles. The molecule has 0 fully saturated rings. The van der Waals surface area contributed by atoms with E-state index in [1.54, 1.807) is 0 Å². The van der Waals surface area contributed by atoms with Crippen LogP contribution in [-0.2, 0) is 7.05 Å². The van der Waals surface area contributed by atoms with Crippen molar-refractivity contribution in [3.63, 3.8) is 0 Å². The normalized spacial score (nSPS) is 10.5. The van der Waals surface area contributed by atoms with Gasteiger partial charge in [0.25, 0.3) is 0 Å². The van der Waals surface area contributed by atoms with Crippen LogP contribution in [-0.4, -0.2) is 0 Å². The van der Waals surface area contributed by atoms with E-state index in [1.807, 2.05) is 0 Å². The lowest BCUT2D eigenvalue weighted by Gasteiger charge is -2.06. The van der Waals surface area contributed by atoms with Crippen LogP contribution >= 0.6 is 0 Å². The summed E-state index contributed by atoms with van der Waals surface area (Å²) in [7, 11) is 2.12. The quantitative estimate of drug-likeness (QED) is 0.639. The number of hydrogen-bond donors (Lipinski definition) is 0. The molecule has 0 atom stereocenters. The van der Waals surface area contributed by atoms with Crippen molar-refractivity contribution >= 4 is 0 Å². The Kier molecular flexibility index (Phi) is 2.78. The molecule has 0 saturated heterocycles. The van der Waals surface area contributed by atoms with E-state index < -0.39 is 0 Å². The zero-order valence-electron chi connectivity index (χ0n) is 10.4. The Labute approximate surface area is 97.4 Å². The Morgan fingerprint density at radius 1 is 0.938 bits per heavy atom. The van der Waals surface area contributed by atoms with E-state index in [2.05, 4.69) is 68.8 Å². The topological polar surface area (TPSA) is 3.88 Å². The minimum Gasteiger partial charge on any atom is -0.199 e. The number of rotatable bonds is 1. The van der Waals surface area contributed by atoms with E-state index in [0.717, 1.165) is 0 Å². The third kappa shape index (κ3) is 1.85. The molecule has 0 aliphatic rings. The summed E-state index contributed by atoms with van der Waals surface area (Å²) in [5, 5.41) is 0. The molecule has 82 valence electrons. The first kappa shape index (κ1) is 10.9. The standard InChI is InChI=1S/C15H18N/c1-11-8-9-14(12(2)10-11)15-7-5-6-13(3)16(15)4/h5-10H,1-4H3/q+1. The van der Waals surface area contributed by atoms with E-state index in [0.29, 0.717) is 0 Å². The molecule has 0 unspecified atom stereocenters. The molecule has 0 aliphatic heterocycles. The van der Waals surface area contributed by atoms with Crippen molar-refractivity contribution in [2.75, 3.05) is 0 Å². The van der Waals surface area contributed by atoms with Crippen molar-refractivity contribution < 1.29 is 4.57 Å². The van der Waals surface area contributed by atoms with Crippen LogP contribution in [0.15, 0.2) is 36.4 Å². The predicted octanol–water partition coefficient (Wildman–Crippen LogP) is 3.10. The summed E-state index contributed by atoms with van der Waals surface area (Å²) in [4.78, 5) is 0. The molecule has 2 aromatic rings. The van der Waals surface area contributed by atoms with Gasteiger partial charge in [-0.05, 0) is 31.5 Å². The summed E-state index contributed by atoms with van der Waals surface area (Å²) in [6.07, 6.45) is 0. The van der Waals surface area contributed by atoms with Gasteiger partial charge < -0.3 is 0 Å². The van der Waals surface area contributed by atoms with E-state index >= 15 is 0 Å². The van der Waals surface area contributed by atoms with Gasteiger partial charge in [-0.3, -0.25) is 0 Å². The fourth-order valence-electron chi connectivity index (χ4n) is 2.06. The summed E-state index contributed by atoms with van der Waals surface area (Å²) in [5.41, 5.74) is 6.52. The van der Waals surface area contributed by atoms with Gasteiger partial charge in [0.2, 0.25) is 5.69 Å². The molecule has 0 radical (unpaired) electrons. The van der Waals surface area contributed by atoms with Crippen LogP contribution in [0.25, 0.3) is 11.3 Å². The highest BCUT2D eigenvalue weighted by Crippen LogP contribution is 2.21. The highest BCUT2D eigenvalue weighted by atomic mass is 14.9. The molecule has 16 heavy (non-hydrogen) atoms. The average molecular weight is 212 g/mol. The highest BCUT2D eigenvalue weighted by Gasteiger charge is 2.13. The summed E-state index contributed by atoms with van der Waals surface area (Å²) >= 11 is 0. The largest absolute Gasteiger partial charge is 0.212 e. The molecule has 2 rings (SSSR count).